The molecule has 0 spiro atoms. The first-order chi connectivity index (χ1) is 10.2. The Morgan fingerprint density at radius 3 is 2.36 bits per heavy atom. The van der Waals surface area contributed by atoms with Crippen molar-refractivity contribution in [2.45, 2.75) is 6.18 Å². The van der Waals surface area contributed by atoms with Crippen LogP contribution in [0.5, 0.6) is 0 Å². The van der Waals surface area contributed by atoms with Crippen LogP contribution in [0, 0.1) is 0 Å². The summed E-state index contributed by atoms with van der Waals surface area (Å²) in [6, 6.07) is 3.33. The molecule has 0 fully saturated rings. The number of esters is 2. The lowest BCUT2D eigenvalue weighted by Crippen LogP contribution is -2.16. The fraction of sp³-hybridized carbons (Fsp3) is 0.231. The highest BCUT2D eigenvalue weighted by molar-refractivity contribution is 9.10. The largest absolute Gasteiger partial charge is 0.466 e. The van der Waals surface area contributed by atoms with E-state index in [4.69, 9.17) is 0 Å². The first kappa shape index (κ1) is 18.0. The number of hydrogen-bond acceptors (Lipinski definition) is 5. The van der Waals surface area contributed by atoms with E-state index in [1.807, 2.05) is 0 Å². The highest BCUT2D eigenvalue weighted by Gasteiger charge is 2.33. The van der Waals surface area contributed by atoms with E-state index in [2.05, 4.69) is 30.7 Å². The molecule has 5 nitrogen and oxygen atoms in total. The Kier molecular flexibility index (Phi) is 5.98. The lowest BCUT2D eigenvalue weighted by Gasteiger charge is -2.15. The Hall–Kier alpha value is -2.03. The Morgan fingerprint density at radius 2 is 1.86 bits per heavy atom. The number of rotatable bonds is 4. The molecule has 0 amide bonds. The molecule has 1 rings (SSSR count). The number of anilines is 1. The van der Waals surface area contributed by atoms with Crippen LogP contribution < -0.4 is 5.32 Å². The van der Waals surface area contributed by atoms with Crippen molar-refractivity contribution in [2.24, 2.45) is 0 Å². The molecule has 0 aliphatic heterocycles. The van der Waals surface area contributed by atoms with E-state index in [-0.39, 0.29) is 15.9 Å². The SMILES string of the molecule is COC(=O)/C=C(/Nc1cccc(C(F)(F)F)c1Br)C(=O)OC. The number of alkyl halides is 3. The quantitative estimate of drug-likeness (QED) is 0.641. The molecule has 1 N–H and O–H groups in total. The van der Waals surface area contributed by atoms with Gasteiger partial charge in [0, 0.05) is 0 Å². The summed E-state index contributed by atoms with van der Waals surface area (Å²) >= 11 is 2.82. The molecular formula is C13H11BrF3NO4. The maximum absolute atomic E-state index is 12.8. The zero-order chi connectivity index (χ0) is 16.9. The van der Waals surface area contributed by atoms with Crippen molar-refractivity contribution in [2.75, 3.05) is 19.5 Å². The molecule has 1 aromatic carbocycles. The predicted octanol–water partition coefficient (Wildman–Crippen LogP) is 3.11. The van der Waals surface area contributed by atoms with Crippen LogP contribution in [0.2, 0.25) is 0 Å². The first-order valence-electron chi connectivity index (χ1n) is 5.71. The molecule has 0 aliphatic rings. The Balaban J connectivity index is 3.23. The van der Waals surface area contributed by atoms with Crippen molar-refractivity contribution in [1.82, 2.24) is 0 Å². The number of methoxy groups -OCH3 is 2. The lowest BCUT2D eigenvalue weighted by atomic mass is 10.2. The highest BCUT2D eigenvalue weighted by atomic mass is 79.9. The van der Waals surface area contributed by atoms with Gasteiger partial charge in [0.2, 0.25) is 0 Å². The summed E-state index contributed by atoms with van der Waals surface area (Å²) in [5, 5.41) is 2.41. The number of carbonyl (C=O) groups is 2. The maximum atomic E-state index is 12.8. The van der Waals surface area contributed by atoms with Gasteiger partial charge in [0.05, 0.1) is 36.0 Å². The third-order valence-corrected chi connectivity index (χ3v) is 3.30. The topological polar surface area (TPSA) is 64.6 Å². The van der Waals surface area contributed by atoms with Gasteiger partial charge < -0.3 is 14.8 Å². The number of carbonyl (C=O) groups excluding carboxylic acids is 2. The summed E-state index contributed by atoms with van der Waals surface area (Å²) < 4.78 is 47.0. The minimum atomic E-state index is -4.58. The van der Waals surface area contributed by atoms with Crippen LogP contribution in [-0.2, 0) is 25.2 Å². The average Bonchev–Trinajstić information content (AvgIpc) is 2.46. The van der Waals surface area contributed by atoms with Crippen LogP contribution >= 0.6 is 15.9 Å². The van der Waals surface area contributed by atoms with Gasteiger partial charge >= 0.3 is 18.1 Å². The zero-order valence-corrected chi connectivity index (χ0v) is 13.0. The van der Waals surface area contributed by atoms with Gasteiger partial charge in [0.1, 0.15) is 5.70 Å². The van der Waals surface area contributed by atoms with Gasteiger partial charge in [0.15, 0.2) is 0 Å². The zero-order valence-electron chi connectivity index (χ0n) is 11.5. The van der Waals surface area contributed by atoms with Crippen molar-refractivity contribution in [1.29, 1.82) is 0 Å². The fourth-order valence-corrected chi connectivity index (χ4v) is 2.01. The molecule has 120 valence electrons. The summed E-state index contributed by atoms with van der Waals surface area (Å²) in [4.78, 5) is 22.8. The molecule has 0 unspecified atom stereocenters. The second kappa shape index (κ2) is 7.30. The summed E-state index contributed by atoms with van der Waals surface area (Å²) in [6.07, 6.45) is -3.80. The molecular weight excluding hydrogens is 371 g/mol. The number of benzene rings is 1. The minimum Gasteiger partial charge on any atom is -0.466 e. The van der Waals surface area contributed by atoms with Crippen molar-refractivity contribution >= 4 is 33.6 Å². The molecule has 0 aromatic heterocycles. The van der Waals surface area contributed by atoms with Crippen molar-refractivity contribution < 1.29 is 32.2 Å². The molecule has 0 saturated carbocycles. The van der Waals surface area contributed by atoms with E-state index in [0.717, 1.165) is 32.4 Å². The molecule has 22 heavy (non-hydrogen) atoms. The average molecular weight is 382 g/mol. The minimum absolute atomic E-state index is 0.0598. The van der Waals surface area contributed by atoms with E-state index >= 15 is 0 Å². The summed E-state index contributed by atoms with van der Waals surface area (Å²) in [5.41, 5.74) is -1.36. The van der Waals surface area contributed by atoms with Crippen LogP contribution in [-0.4, -0.2) is 26.2 Å². The van der Waals surface area contributed by atoms with Gasteiger partial charge in [-0.25, -0.2) is 9.59 Å². The maximum Gasteiger partial charge on any atom is 0.417 e. The second-order valence-corrected chi connectivity index (χ2v) is 4.66. The van der Waals surface area contributed by atoms with Crippen LogP contribution in [0.4, 0.5) is 18.9 Å². The predicted molar refractivity (Wildman–Crippen MR) is 74.9 cm³/mol. The Morgan fingerprint density at radius 1 is 1.23 bits per heavy atom. The lowest BCUT2D eigenvalue weighted by molar-refractivity contribution is -0.138. The van der Waals surface area contributed by atoms with Gasteiger partial charge in [0.25, 0.3) is 0 Å². The van der Waals surface area contributed by atoms with Crippen LogP contribution in [0.25, 0.3) is 0 Å². The third-order valence-electron chi connectivity index (χ3n) is 2.44. The van der Waals surface area contributed by atoms with Crippen molar-refractivity contribution in [3.63, 3.8) is 0 Å². The summed E-state index contributed by atoms with van der Waals surface area (Å²) in [5.74, 6) is -1.80. The molecule has 0 aliphatic carbocycles. The summed E-state index contributed by atoms with van der Waals surface area (Å²) in [7, 11) is 2.16. The van der Waals surface area contributed by atoms with Crippen molar-refractivity contribution in [3.05, 3.63) is 40.0 Å². The fourth-order valence-electron chi connectivity index (χ4n) is 1.43. The van der Waals surface area contributed by atoms with Gasteiger partial charge in [-0.2, -0.15) is 13.2 Å². The van der Waals surface area contributed by atoms with E-state index in [0.29, 0.717) is 0 Å². The number of hydrogen-bond donors (Lipinski definition) is 1. The van der Waals surface area contributed by atoms with Gasteiger partial charge in [-0.15, -0.1) is 0 Å². The normalized spacial score (nSPS) is 11.8. The summed E-state index contributed by atoms with van der Waals surface area (Å²) in [6.45, 7) is 0. The van der Waals surface area contributed by atoms with Crippen LogP contribution in [0.1, 0.15) is 5.56 Å². The molecule has 1 aromatic rings. The van der Waals surface area contributed by atoms with Crippen LogP contribution in [0.15, 0.2) is 34.4 Å². The molecule has 9 heteroatoms. The number of ether oxygens (including phenoxy) is 2. The molecule has 0 saturated heterocycles. The van der Waals surface area contributed by atoms with Crippen molar-refractivity contribution in [3.8, 4) is 0 Å². The third kappa shape index (κ3) is 4.48. The second-order valence-electron chi connectivity index (χ2n) is 3.86. The standard InChI is InChI=1S/C13H11BrF3NO4/c1-21-10(19)6-9(12(20)22-2)18-8-5-3-4-7(11(8)14)13(15,16)17/h3-6,18H,1-2H3/b9-6+. The highest BCUT2D eigenvalue weighted by Crippen LogP contribution is 2.38. The Labute approximate surface area is 132 Å². The Bertz CT molecular complexity index is 614. The van der Waals surface area contributed by atoms with E-state index < -0.39 is 23.7 Å². The number of nitrogens with one attached hydrogen (secondary N) is 1. The monoisotopic (exact) mass is 381 g/mol. The van der Waals surface area contributed by atoms with E-state index in [1.54, 1.807) is 0 Å². The number of halogens is 4. The molecule has 0 heterocycles. The van der Waals surface area contributed by atoms with Gasteiger partial charge in [-0.3, -0.25) is 0 Å². The van der Waals surface area contributed by atoms with E-state index in [9.17, 15) is 22.8 Å². The molecule has 0 radical (unpaired) electrons. The van der Waals surface area contributed by atoms with E-state index in [1.165, 1.54) is 6.07 Å². The van der Waals surface area contributed by atoms with Crippen LogP contribution in [0.3, 0.4) is 0 Å². The molecule has 0 atom stereocenters. The molecule has 0 bridgehead atoms. The first-order valence-corrected chi connectivity index (χ1v) is 6.50. The smallest absolute Gasteiger partial charge is 0.417 e. The van der Waals surface area contributed by atoms with Gasteiger partial charge in [-0.05, 0) is 28.1 Å². The van der Waals surface area contributed by atoms with Gasteiger partial charge in [-0.1, -0.05) is 6.07 Å².